The number of aliphatic hydroxyl groups excluding tert-OH is 1. The Bertz CT molecular complexity index is 642. The second-order valence-electron chi connectivity index (χ2n) is 5.10. The molecule has 2 aromatic rings. The van der Waals surface area contributed by atoms with Gasteiger partial charge in [-0.05, 0) is 31.2 Å². The van der Waals surface area contributed by atoms with Gasteiger partial charge in [-0.2, -0.15) is 0 Å². The Kier molecular flexibility index (Phi) is 4.08. The molecule has 0 fully saturated rings. The Balaban J connectivity index is 1.87. The quantitative estimate of drug-likeness (QED) is 0.940. The third-order valence-corrected chi connectivity index (χ3v) is 4.73. The first-order valence-corrected chi connectivity index (χ1v) is 7.88. The second kappa shape index (κ2) is 6.00. The van der Waals surface area contributed by atoms with Gasteiger partial charge in [0.05, 0.1) is 7.11 Å². The lowest BCUT2D eigenvalue weighted by molar-refractivity contribution is 0.0441. The van der Waals surface area contributed by atoms with E-state index in [0.29, 0.717) is 5.75 Å². The van der Waals surface area contributed by atoms with Gasteiger partial charge >= 0.3 is 0 Å². The van der Waals surface area contributed by atoms with Crippen molar-refractivity contribution in [2.24, 2.45) is 0 Å². The summed E-state index contributed by atoms with van der Waals surface area (Å²) in [5, 5.41) is 10.7. The van der Waals surface area contributed by atoms with E-state index in [1.807, 2.05) is 49.4 Å². The first kappa shape index (κ1) is 14.3. The number of hydrogen-bond acceptors (Lipinski definition) is 4. The predicted octanol–water partition coefficient (Wildman–Crippen LogP) is 3.59. The monoisotopic (exact) mass is 302 g/mol. The summed E-state index contributed by atoms with van der Waals surface area (Å²) < 4.78 is 11.3. The van der Waals surface area contributed by atoms with Crippen molar-refractivity contribution < 1.29 is 14.6 Å². The van der Waals surface area contributed by atoms with Crippen LogP contribution in [0, 0.1) is 6.92 Å². The van der Waals surface area contributed by atoms with Gasteiger partial charge in [-0.15, -0.1) is 11.8 Å². The van der Waals surface area contributed by atoms with Gasteiger partial charge in [-0.25, -0.2) is 0 Å². The van der Waals surface area contributed by atoms with Crippen molar-refractivity contribution in [3.63, 3.8) is 0 Å². The standard InChI is InChI=1S/C17H18O3S/c1-11-7-8-13(19-2)12(9-11)17(18)15-10-21-16-6-4-3-5-14(16)20-15/h3-9,15,17-18H,10H2,1-2H3. The van der Waals surface area contributed by atoms with Crippen LogP contribution < -0.4 is 9.47 Å². The average Bonchev–Trinajstić information content (AvgIpc) is 2.53. The molecule has 1 N–H and O–H groups in total. The Hall–Kier alpha value is -1.65. The number of para-hydroxylation sites is 1. The van der Waals surface area contributed by atoms with Gasteiger partial charge in [-0.3, -0.25) is 0 Å². The molecule has 0 spiro atoms. The largest absolute Gasteiger partial charge is 0.496 e. The van der Waals surface area contributed by atoms with E-state index in [9.17, 15) is 5.11 Å². The number of methoxy groups -OCH3 is 1. The molecule has 3 nitrogen and oxygen atoms in total. The molecule has 0 aliphatic carbocycles. The van der Waals surface area contributed by atoms with E-state index >= 15 is 0 Å². The van der Waals surface area contributed by atoms with Gasteiger partial charge in [0.2, 0.25) is 0 Å². The molecule has 21 heavy (non-hydrogen) atoms. The number of aryl methyl sites for hydroxylation is 1. The third kappa shape index (κ3) is 2.87. The molecule has 1 heterocycles. The van der Waals surface area contributed by atoms with Crippen LogP contribution in [-0.2, 0) is 0 Å². The van der Waals surface area contributed by atoms with E-state index in [2.05, 4.69) is 0 Å². The fraction of sp³-hybridized carbons (Fsp3) is 0.294. The molecular formula is C17H18O3S. The van der Waals surface area contributed by atoms with Crippen molar-refractivity contribution in [1.29, 1.82) is 0 Å². The number of benzene rings is 2. The lowest BCUT2D eigenvalue weighted by Crippen LogP contribution is -2.30. The zero-order valence-electron chi connectivity index (χ0n) is 12.1. The molecular weight excluding hydrogens is 284 g/mol. The zero-order valence-corrected chi connectivity index (χ0v) is 12.9. The first-order valence-electron chi connectivity index (χ1n) is 6.90. The van der Waals surface area contributed by atoms with E-state index in [4.69, 9.17) is 9.47 Å². The van der Waals surface area contributed by atoms with Gasteiger partial charge in [-0.1, -0.05) is 23.8 Å². The summed E-state index contributed by atoms with van der Waals surface area (Å²) in [5.74, 6) is 2.25. The average molecular weight is 302 g/mol. The third-order valence-electron chi connectivity index (χ3n) is 3.59. The van der Waals surface area contributed by atoms with Crippen LogP contribution in [0.5, 0.6) is 11.5 Å². The number of thioether (sulfide) groups is 1. The van der Waals surface area contributed by atoms with E-state index in [-0.39, 0.29) is 6.10 Å². The molecule has 0 aromatic heterocycles. The Morgan fingerprint density at radius 3 is 2.90 bits per heavy atom. The highest BCUT2D eigenvalue weighted by Crippen LogP contribution is 2.39. The van der Waals surface area contributed by atoms with Crippen molar-refractivity contribution in [3.8, 4) is 11.5 Å². The van der Waals surface area contributed by atoms with Crippen molar-refractivity contribution in [2.75, 3.05) is 12.9 Å². The molecule has 0 saturated carbocycles. The van der Waals surface area contributed by atoms with Crippen LogP contribution in [0.4, 0.5) is 0 Å². The molecule has 1 aliphatic rings. The van der Waals surface area contributed by atoms with Crippen LogP contribution >= 0.6 is 11.8 Å². The Morgan fingerprint density at radius 1 is 1.29 bits per heavy atom. The van der Waals surface area contributed by atoms with E-state index in [1.54, 1.807) is 18.9 Å². The number of rotatable bonds is 3. The molecule has 0 amide bonds. The van der Waals surface area contributed by atoms with Gasteiger partial charge < -0.3 is 14.6 Å². The van der Waals surface area contributed by atoms with E-state index in [0.717, 1.165) is 27.5 Å². The molecule has 3 rings (SSSR count). The molecule has 2 unspecified atom stereocenters. The number of fused-ring (bicyclic) bond motifs is 1. The molecule has 0 bridgehead atoms. The fourth-order valence-electron chi connectivity index (χ4n) is 2.48. The molecule has 1 aliphatic heterocycles. The summed E-state index contributed by atoms with van der Waals surface area (Å²) in [5.41, 5.74) is 1.87. The highest BCUT2D eigenvalue weighted by molar-refractivity contribution is 7.99. The van der Waals surface area contributed by atoms with Gasteiger partial charge in [0.25, 0.3) is 0 Å². The molecule has 2 atom stereocenters. The van der Waals surface area contributed by atoms with Crippen molar-refractivity contribution in [2.45, 2.75) is 24.0 Å². The summed E-state index contributed by atoms with van der Waals surface area (Å²) in [6, 6.07) is 13.7. The van der Waals surface area contributed by atoms with Crippen LogP contribution in [0.25, 0.3) is 0 Å². The lowest BCUT2D eigenvalue weighted by Gasteiger charge is -2.30. The SMILES string of the molecule is COc1ccc(C)cc1C(O)C1CSc2ccccc2O1. The normalized spacial score (nSPS) is 18.5. The minimum Gasteiger partial charge on any atom is -0.496 e. The van der Waals surface area contributed by atoms with Crippen LogP contribution in [0.3, 0.4) is 0 Å². The van der Waals surface area contributed by atoms with Crippen LogP contribution in [-0.4, -0.2) is 24.1 Å². The van der Waals surface area contributed by atoms with Gasteiger partial charge in [0, 0.05) is 16.2 Å². The first-order chi connectivity index (χ1) is 10.2. The van der Waals surface area contributed by atoms with E-state index in [1.165, 1.54) is 0 Å². The topological polar surface area (TPSA) is 38.7 Å². The van der Waals surface area contributed by atoms with Crippen molar-refractivity contribution >= 4 is 11.8 Å². The summed E-state index contributed by atoms with van der Waals surface area (Å²) in [4.78, 5) is 1.12. The maximum atomic E-state index is 10.7. The molecule has 0 radical (unpaired) electrons. The Labute approximate surface area is 128 Å². The highest BCUT2D eigenvalue weighted by Gasteiger charge is 2.29. The minimum atomic E-state index is -0.708. The van der Waals surface area contributed by atoms with Crippen LogP contribution in [0.2, 0.25) is 0 Å². The van der Waals surface area contributed by atoms with Crippen molar-refractivity contribution in [1.82, 2.24) is 0 Å². The van der Waals surface area contributed by atoms with Crippen LogP contribution in [0.15, 0.2) is 47.4 Å². The summed E-state index contributed by atoms with van der Waals surface area (Å²) >= 11 is 1.71. The number of hydrogen-bond donors (Lipinski definition) is 1. The number of ether oxygens (including phenoxy) is 2. The molecule has 4 heteroatoms. The van der Waals surface area contributed by atoms with E-state index < -0.39 is 6.10 Å². The Morgan fingerprint density at radius 2 is 2.10 bits per heavy atom. The maximum absolute atomic E-state index is 10.7. The van der Waals surface area contributed by atoms with Crippen LogP contribution in [0.1, 0.15) is 17.2 Å². The maximum Gasteiger partial charge on any atom is 0.138 e. The summed E-state index contributed by atoms with van der Waals surface area (Å²) in [6.07, 6.45) is -0.985. The molecule has 110 valence electrons. The number of aliphatic hydroxyl groups is 1. The van der Waals surface area contributed by atoms with Gasteiger partial charge in [0.1, 0.15) is 23.7 Å². The van der Waals surface area contributed by atoms with Gasteiger partial charge in [0.15, 0.2) is 0 Å². The zero-order chi connectivity index (χ0) is 14.8. The highest BCUT2D eigenvalue weighted by atomic mass is 32.2. The molecule has 0 saturated heterocycles. The summed E-state index contributed by atoms with van der Waals surface area (Å²) in [6.45, 7) is 2.00. The fourth-order valence-corrected chi connectivity index (χ4v) is 3.50. The van der Waals surface area contributed by atoms with Crippen molar-refractivity contribution in [3.05, 3.63) is 53.6 Å². The lowest BCUT2D eigenvalue weighted by atomic mass is 10.0. The smallest absolute Gasteiger partial charge is 0.138 e. The minimum absolute atomic E-state index is 0.277. The second-order valence-corrected chi connectivity index (χ2v) is 6.17. The molecule has 2 aromatic carbocycles. The summed E-state index contributed by atoms with van der Waals surface area (Å²) in [7, 11) is 1.62. The predicted molar refractivity (Wildman–Crippen MR) is 84.3 cm³/mol.